The molecule has 1 aliphatic rings. The highest BCUT2D eigenvalue weighted by Gasteiger charge is 2.17. The third-order valence-electron chi connectivity index (χ3n) is 3.61. The lowest BCUT2D eigenvalue weighted by molar-refractivity contribution is 0.497. The van der Waals surface area contributed by atoms with E-state index in [-0.39, 0.29) is 0 Å². The van der Waals surface area contributed by atoms with Gasteiger partial charge in [0, 0.05) is 19.1 Å². The van der Waals surface area contributed by atoms with Crippen LogP contribution in [0.2, 0.25) is 0 Å². The van der Waals surface area contributed by atoms with Crippen LogP contribution in [0.4, 0.5) is 0 Å². The van der Waals surface area contributed by atoms with Crippen molar-refractivity contribution < 1.29 is 0 Å². The van der Waals surface area contributed by atoms with Crippen LogP contribution in [0.5, 0.6) is 0 Å². The Morgan fingerprint density at radius 2 is 2.06 bits per heavy atom. The van der Waals surface area contributed by atoms with Gasteiger partial charge in [-0.15, -0.1) is 0 Å². The molecular weight excluding hydrogens is 278 g/mol. The van der Waals surface area contributed by atoms with Gasteiger partial charge in [-0.05, 0) is 42.1 Å². The molecule has 0 saturated heterocycles. The van der Waals surface area contributed by atoms with E-state index in [1.54, 1.807) is 0 Å². The number of hydrogen-bond acceptors (Lipinski definition) is 2. The highest BCUT2D eigenvalue weighted by molar-refractivity contribution is 9.10. The topological polar surface area (TPSA) is 29.9 Å². The summed E-state index contributed by atoms with van der Waals surface area (Å²) in [5, 5.41) is 8.28. The van der Waals surface area contributed by atoms with Gasteiger partial charge >= 0.3 is 0 Å². The average Bonchev–Trinajstić information content (AvgIpc) is 2.94. The van der Waals surface area contributed by atoms with Crippen molar-refractivity contribution >= 4 is 15.9 Å². The lowest BCUT2D eigenvalue weighted by Gasteiger charge is -2.12. The minimum Gasteiger partial charge on any atom is -0.308 e. The Balaban J connectivity index is 2.05. The summed E-state index contributed by atoms with van der Waals surface area (Å²) >= 11 is 3.69. The molecule has 0 atom stereocenters. The van der Waals surface area contributed by atoms with E-state index in [0.717, 1.165) is 19.5 Å². The first kappa shape index (κ1) is 13.1. The third-order valence-corrected chi connectivity index (χ3v) is 4.52. The first-order valence-corrected chi connectivity index (χ1v) is 7.53. The Bertz CT molecular complexity index is 367. The highest BCUT2D eigenvalue weighted by atomic mass is 79.9. The molecule has 0 amide bonds. The quantitative estimate of drug-likeness (QED) is 0.904. The van der Waals surface area contributed by atoms with Crippen LogP contribution in [0.1, 0.15) is 50.9 Å². The molecule has 96 valence electrons. The van der Waals surface area contributed by atoms with Crippen LogP contribution in [0.15, 0.2) is 4.47 Å². The zero-order valence-electron chi connectivity index (χ0n) is 10.8. The van der Waals surface area contributed by atoms with Crippen LogP contribution in [0.25, 0.3) is 0 Å². The maximum Gasteiger partial charge on any atom is 0.0767 e. The normalized spacial score (nSPS) is 16.9. The molecule has 1 N–H and O–H groups in total. The Morgan fingerprint density at radius 1 is 1.35 bits per heavy atom. The van der Waals surface area contributed by atoms with E-state index in [1.807, 2.05) is 0 Å². The monoisotopic (exact) mass is 299 g/mol. The summed E-state index contributed by atoms with van der Waals surface area (Å²) in [6, 6.07) is 0.715. The highest BCUT2D eigenvalue weighted by Crippen LogP contribution is 2.23. The van der Waals surface area contributed by atoms with Gasteiger partial charge < -0.3 is 5.32 Å². The summed E-state index contributed by atoms with van der Waals surface area (Å²) in [6.45, 7) is 6.19. The fourth-order valence-electron chi connectivity index (χ4n) is 2.56. The van der Waals surface area contributed by atoms with E-state index >= 15 is 0 Å². The first-order chi connectivity index (χ1) is 8.26. The molecule has 0 spiro atoms. The molecule has 0 aromatic carbocycles. The Hall–Kier alpha value is -0.350. The number of aromatic nitrogens is 2. The third kappa shape index (κ3) is 2.91. The van der Waals surface area contributed by atoms with Crippen LogP contribution in [-0.4, -0.2) is 15.8 Å². The second-order valence-electron chi connectivity index (χ2n) is 4.74. The lowest BCUT2D eigenvalue weighted by atomic mass is 10.2. The van der Waals surface area contributed by atoms with Crippen molar-refractivity contribution in [2.45, 2.75) is 65.1 Å². The van der Waals surface area contributed by atoms with Gasteiger partial charge in [-0.2, -0.15) is 5.10 Å². The molecule has 1 saturated carbocycles. The van der Waals surface area contributed by atoms with Gasteiger partial charge in [-0.3, -0.25) is 4.68 Å². The predicted molar refractivity (Wildman–Crippen MR) is 74.1 cm³/mol. The van der Waals surface area contributed by atoms with E-state index in [2.05, 4.69) is 44.9 Å². The van der Waals surface area contributed by atoms with Gasteiger partial charge in [0.1, 0.15) is 0 Å². The van der Waals surface area contributed by atoms with Crippen LogP contribution in [0.3, 0.4) is 0 Å². The van der Waals surface area contributed by atoms with Crippen molar-refractivity contribution in [1.82, 2.24) is 15.1 Å². The smallest absolute Gasteiger partial charge is 0.0767 e. The number of nitrogens with zero attached hydrogens (tertiary/aromatic N) is 2. The Morgan fingerprint density at radius 3 is 2.65 bits per heavy atom. The molecule has 1 heterocycles. The van der Waals surface area contributed by atoms with Crippen molar-refractivity contribution in [2.75, 3.05) is 0 Å². The summed E-state index contributed by atoms with van der Waals surface area (Å²) in [6.07, 6.45) is 6.42. The molecule has 2 rings (SSSR count). The van der Waals surface area contributed by atoms with Gasteiger partial charge in [-0.25, -0.2) is 0 Å². The molecule has 0 radical (unpaired) electrons. The predicted octanol–water partition coefficient (Wildman–Crippen LogP) is 3.26. The maximum atomic E-state index is 4.62. The SMILES string of the molecule is CCc1nn(CC)c(CNC2CCCC2)c1Br. The van der Waals surface area contributed by atoms with Gasteiger partial charge in [-0.1, -0.05) is 19.8 Å². The van der Waals surface area contributed by atoms with Crippen LogP contribution >= 0.6 is 15.9 Å². The second-order valence-corrected chi connectivity index (χ2v) is 5.53. The summed E-state index contributed by atoms with van der Waals surface area (Å²) < 4.78 is 3.32. The van der Waals surface area contributed by atoms with Crippen LogP contribution in [-0.2, 0) is 19.5 Å². The molecule has 17 heavy (non-hydrogen) atoms. The standard InChI is InChI=1S/C13H22BrN3/c1-3-11-13(14)12(17(4-2)16-11)9-15-10-7-5-6-8-10/h10,15H,3-9H2,1-2H3. The Labute approximate surface area is 112 Å². The average molecular weight is 300 g/mol. The Kier molecular flexibility index (Phi) is 4.62. The summed E-state index contributed by atoms with van der Waals surface area (Å²) in [7, 11) is 0. The molecule has 1 aromatic heterocycles. The zero-order valence-corrected chi connectivity index (χ0v) is 12.4. The van der Waals surface area contributed by atoms with Crippen molar-refractivity contribution in [3.63, 3.8) is 0 Å². The number of nitrogens with one attached hydrogen (secondary N) is 1. The van der Waals surface area contributed by atoms with Gasteiger partial charge in [0.2, 0.25) is 0 Å². The molecule has 0 unspecified atom stereocenters. The molecule has 0 bridgehead atoms. The van der Waals surface area contributed by atoms with E-state index < -0.39 is 0 Å². The molecule has 1 fully saturated rings. The van der Waals surface area contributed by atoms with Gasteiger partial charge in [0.05, 0.1) is 15.9 Å². The minimum absolute atomic E-state index is 0.715. The maximum absolute atomic E-state index is 4.62. The molecule has 1 aromatic rings. The molecular formula is C13H22BrN3. The molecule has 3 nitrogen and oxygen atoms in total. The van der Waals surface area contributed by atoms with Gasteiger partial charge in [0.15, 0.2) is 0 Å². The summed E-state index contributed by atoms with van der Waals surface area (Å²) in [4.78, 5) is 0. The second kappa shape index (κ2) is 6.01. The number of rotatable bonds is 5. The van der Waals surface area contributed by atoms with Gasteiger partial charge in [0.25, 0.3) is 0 Å². The lowest BCUT2D eigenvalue weighted by Crippen LogP contribution is -2.26. The van der Waals surface area contributed by atoms with E-state index in [1.165, 1.54) is 41.5 Å². The summed E-state index contributed by atoms with van der Waals surface area (Å²) in [5.74, 6) is 0. The fourth-order valence-corrected chi connectivity index (χ4v) is 3.26. The fraction of sp³-hybridized carbons (Fsp3) is 0.769. The van der Waals surface area contributed by atoms with Crippen molar-refractivity contribution in [1.29, 1.82) is 0 Å². The van der Waals surface area contributed by atoms with Crippen molar-refractivity contribution in [2.24, 2.45) is 0 Å². The molecule has 1 aliphatic carbocycles. The van der Waals surface area contributed by atoms with E-state index in [9.17, 15) is 0 Å². The summed E-state index contributed by atoms with van der Waals surface area (Å²) in [5.41, 5.74) is 2.48. The molecule has 4 heteroatoms. The molecule has 0 aliphatic heterocycles. The van der Waals surface area contributed by atoms with E-state index in [4.69, 9.17) is 0 Å². The van der Waals surface area contributed by atoms with Crippen molar-refractivity contribution in [3.05, 3.63) is 15.9 Å². The number of hydrogen-bond donors (Lipinski definition) is 1. The number of aryl methyl sites for hydroxylation is 2. The first-order valence-electron chi connectivity index (χ1n) is 6.73. The largest absolute Gasteiger partial charge is 0.308 e. The van der Waals surface area contributed by atoms with E-state index in [0.29, 0.717) is 6.04 Å². The van der Waals surface area contributed by atoms with Crippen LogP contribution in [0, 0.1) is 0 Å². The minimum atomic E-state index is 0.715. The number of halogens is 1. The van der Waals surface area contributed by atoms with Crippen LogP contribution < -0.4 is 5.32 Å². The zero-order chi connectivity index (χ0) is 12.3. The van der Waals surface area contributed by atoms with Crippen molar-refractivity contribution in [3.8, 4) is 0 Å².